The average Bonchev–Trinajstić information content (AvgIpc) is 2.49. The predicted molar refractivity (Wildman–Crippen MR) is 84.4 cm³/mol. The number of ether oxygens (including phenoxy) is 1. The second-order valence-electron chi connectivity index (χ2n) is 4.10. The molecule has 1 N–H and O–H groups in total. The number of carbonyl (C=O) groups excluding carboxylic acids is 1. The number of benzene rings is 2. The summed E-state index contributed by atoms with van der Waals surface area (Å²) in [5.74, 6) is 0.232. The normalized spacial score (nSPS) is 9.76. The number of carbonyl (C=O) groups is 1. The van der Waals surface area contributed by atoms with Crippen LogP contribution in [-0.4, -0.2) is 12.5 Å². The Morgan fingerprint density at radius 1 is 1.29 bits per heavy atom. The van der Waals surface area contributed by atoms with Gasteiger partial charge in [-0.05, 0) is 58.4 Å². The molecule has 2 rings (SSSR count). The molecule has 21 heavy (non-hydrogen) atoms. The first-order valence-corrected chi connectivity index (χ1v) is 7.13. The van der Waals surface area contributed by atoms with Gasteiger partial charge in [0.25, 0.3) is 5.91 Å². The van der Waals surface area contributed by atoms with Crippen LogP contribution in [0, 0.1) is 11.3 Å². The fourth-order valence-electron chi connectivity index (χ4n) is 1.55. The van der Waals surface area contributed by atoms with Gasteiger partial charge >= 0.3 is 0 Å². The monoisotopic (exact) mass is 364 g/mol. The van der Waals surface area contributed by atoms with E-state index in [0.29, 0.717) is 22.0 Å². The second kappa shape index (κ2) is 7.11. The smallest absolute Gasteiger partial charge is 0.262 e. The van der Waals surface area contributed by atoms with Crippen LogP contribution in [0.1, 0.15) is 5.56 Å². The van der Waals surface area contributed by atoms with Gasteiger partial charge in [-0.15, -0.1) is 0 Å². The van der Waals surface area contributed by atoms with Crippen molar-refractivity contribution < 1.29 is 9.53 Å². The quantitative estimate of drug-likeness (QED) is 0.891. The Kier molecular flexibility index (Phi) is 5.20. The van der Waals surface area contributed by atoms with Crippen LogP contribution in [0.5, 0.6) is 5.75 Å². The lowest BCUT2D eigenvalue weighted by Crippen LogP contribution is -2.20. The fraction of sp³-hybridized carbons (Fsp3) is 0.0667. The maximum atomic E-state index is 11.8. The van der Waals surface area contributed by atoms with E-state index in [1.807, 2.05) is 6.07 Å². The summed E-state index contributed by atoms with van der Waals surface area (Å²) in [5.41, 5.74) is 1.13. The molecule has 0 bridgehead atoms. The molecule has 0 unspecified atom stereocenters. The van der Waals surface area contributed by atoms with E-state index < -0.39 is 0 Å². The lowest BCUT2D eigenvalue weighted by molar-refractivity contribution is -0.118. The number of hydrogen-bond acceptors (Lipinski definition) is 3. The van der Waals surface area contributed by atoms with Crippen molar-refractivity contribution in [3.8, 4) is 11.8 Å². The van der Waals surface area contributed by atoms with Crippen molar-refractivity contribution in [1.29, 1.82) is 5.26 Å². The molecule has 0 atom stereocenters. The summed E-state index contributed by atoms with van der Waals surface area (Å²) in [6.07, 6.45) is 0. The van der Waals surface area contributed by atoms with Gasteiger partial charge in [-0.3, -0.25) is 4.79 Å². The first-order chi connectivity index (χ1) is 10.1. The van der Waals surface area contributed by atoms with Crippen LogP contribution in [-0.2, 0) is 4.79 Å². The Hall–Kier alpha value is -2.03. The summed E-state index contributed by atoms with van der Waals surface area (Å²) >= 11 is 9.22. The molecule has 0 radical (unpaired) electrons. The van der Waals surface area contributed by atoms with Crippen LogP contribution in [0.15, 0.2) is 46.9 Å². The molecule has 0 saturated heterocycles. The summed E-state index contributed by atoms with van der Waals surface area (Å²) in [6, 6.07) is 13.7. The molecule has 106 valence electrons. The number of nitriles is 1. The highest BCUT2D eigenvalue weighted by atomic mass is 79.9. The highest BCUT2D eigenvalue weighted by molar-refractivity contribution is 9.10. The van der Waals surface area contributed by atoms with Crippen LogP contribution in [0.3, 0.4) is 0 Å². The number of nitrogens with one attached hydrogen (secondary N) is 1. The summed E-state index contributed by atoms with van der Waals surface area (Å²) in [6.45, 7) is -0.125. The van der Waals surface area contributed by atoms with Crippen molar-refractivity contribution >= 4 is 39.1 Å². The Morgan fingerprint density at radius 3 is 2.62 bits per heavy atom. The standard InChI is InChI=1S/C15H10BrClN2O2/c16-13-6-3-11(7-14(13)17)19-15(20)9-21-12-4-1-10(8-18)2-5-12/h1-7H,9H2,(H,19,20). The third-order valence-corrected chi connectivity index (χ3v) is 3.79. The molecular formula is C15H10BrClN2O2. The van der Waals surface area contributed by atoms with Crippen molar-refractivity contribution in [3.63, 3.8) is 0 Å². The minimum Gasteiger partial charge on any atom is -0.484 e. The Morgan fingerprint density at radius 2 is 2.00 bits per heavy atom. The molecule has 0 aliphatic rings. The molecule has 0 heterocycles. The van der Waals surface area contributed by atoms with Crippen molar-refractivity contribution in [2.75, 3.05) is 11.9 Å². The van der Waals surface area contributed by atoms with Crippen LogP contribution in [0.25, 0.3) is 0 Å². The van der Waals surface area contributed by atoms with Crippen LogP contribution in [0.2, 0.25) is 5.02 Å². The minimum absolute atomic E-state index is 0.125. The van der Waals surface area contributed by atoms with Gasteiger partial charge in [0.05, 0.1) is 16.7 Å². The Bertz CT molecular complexity index is 696. The van der Waals surface area contributed by atoms with Gasteiger partial charge in [0.1, 0.15) is 5.75 Å². The summed E-state index contributed by atoms with van der Waals surface area (Å²) in [4.78, 5) is 11.8. The zero-order valence-corrected chi connectivity index (χ0v) is 13.1. The number of anilines is 1. The largest absolute Gasteiger partial charge is 0.484 e. The number of amides is 1. The number of halogens is 2. The van der Waals surface area contributed by atoms with Gasteiger partial charge in [-0.1, -0.05) is 11.6 Å². The highest BCUT2D eigenvalue weighted by Crippen LogP contribution is 2.25. The second-order valence-corrected chi connectivity index (χ2v) is 5.36. The van der Waals surface area contributed by atoms with Crippen molar-refractivity contribution in [2.45, 2.75) is 0 Å². The van der Waals surface area contributed by atoms with Gasteiger partial charge in [0.2, 0.25) is 0 Å². The third-order valence-electron chi connectivity index (χ3n) is 2.56. The zero-order valence-electron chi connectivity index (χ0n) is 10.8. The first kappa shape index (κ1) is 15.4. The topological polar surface area (TPSA) is 62.1 Å². The molecule has 0 saturated carbocycles. The number of nitrogens with zero attached hydrogens (tertiary/aromatic N) is 1. The fourth-order valence-corrected chi connectivity index (χ4v) is 1.97. The molecule has 6 heteroatoms. The van der Waals surface area contributed by atoms with Gasteiger partial charge in [-0.2, -0.15) is 5.26 Å². The molecule has 1 amide bonds. The van der Waals surface area contributed by atoms with E-state index in [4.69, 9.17) is 21.6 Å². The molecule has 0 fully saturated rings. The maximum Gasteiger partial charge on any atom is 0.262 e. The summed E-state index contributed by atoms with van der Waals surface area (Å²) in [7, 11) is 0. The molecule has 4 nitrogen and oxygen atoms in total. The van der Waals surface area contributed by atoms with E-state index in [1.165, 1.54) is 0 Å². The van der Waals surface area contributed by atoms with Gasteiger partial charge in [-0.25, -0.2) is 0 Å². The van der Waals surface area contributed by atoms with E-state index >= 15 is 0 Å². The van der Waals surface area contributed by atoms with Crippen molar-refractivity contribution in [2.24, 2.45) is 0 Å². The Balaban J connectivity index is 1.89. The predicted octanol–water partition coefficient (Wildman–Crippen LogP) is 3.99. The van der Waals surface area contributed by atoms with Gasteiger partial charge < -0.3 is 10.1 Å². The van der Waals surface area contributed by atoms with E-state index in [1.54, 1.807) is 42.5 Å². The van der Waals surface area contributed by atoms with Gasteiger partial charge in [0, 0.05) is 10.2 Å². The number of rotatable bonds is 4. The Labute approximate surface area is 135 Å². The van der Waals surface area contributed by atoms with E-state index in [2.05, 4.69) is 21.2 Å². The minimum atomic E-state index is -0.294. The SMILES string of the molecule is N#Cc1ccc(OCC(=O)Nc2ccc(Br)c(Cl)c2)cc1. The van der Waals surface area contributed by atoms with Crippen LogP contribution < -0.4 is 10.1 Å². The van der Waals surface area contributed by atoms with Gasteiger partial charge in [0.15, 0.2) is 6.61 Å². The highest BCUT2D eigenvalue weighted by Gasteiger charge is 2.05. The molecule has 2 aromatic rings. The van der Waals surface area contributed by atoms with E-state index in [0.717, 1.165) is 4.47 Å². The molecule has 0 spiro atoms. The van der Waals surface area contributed by atoms with Crippen molar-refractivity contribution in [3.05, 3.63) is 57.5 Å². The average molecular weight is 366 g/mol. The van der Waals surface area contributed by atoms with E-state index in [-0.39, 0.29) is 12.5 Å². The van der Waals surface area contributed by atoms with Crippen molar-refractivity contribution in [1.82, 2.24) is 0 Å². The maximum absolute atomic E-state index is 11.8. The van der Waals surface area contributed by atoms with Crippen LogP contribution >= 0.6 is 27.5 Å². The van der Waals surface area contributed by atoms with E-state index in [9.17, 15) is 4.79 Å². The number of hydrogen-bond donors (Lipinski definition) is 1. The summed E-state index contributed by atoms with van der Waals surface area (Å²) < 4.78 is 6.09. The first-order valence-electron chi connectivity index (χ1n) is 5.96. The lowest BCUT2D eigenvalue weighted by atomic mass is 10.2. The van der Waals surface area contributed by atoms with Crippen LogP contribution in [0.4, 0.5) is 5.69 Å². The molecule has 0 aliphatic heterocycles. The summed E-state index contributed by atoms with van der Waals surface area (Å²) in [5, 5.41) is 11.9. The molecule has 0 aromatic heterocycles. The third kappa shape index (κ3) is 4.48. The zero-order chi connectivity index (χ0) is 15.2. The molecule has 2 aromatic carbocycles. The molecular weight excluding hydrogens is 356 g/mol. The molecule has 0 aliphatic carbocycles. The lowest BCUT2D eigenvalue weighted by Gasteiger charge is -2.08.